The highest BCUT2D eigenvalue weighted by Gasteiger charge is 2.19. The lowest BCUT2D eigenvalue weighted by Gasteiger charge is -2.32. The Bertz CT molecular complexity index is 513. The zero-order valence-electron chi connectivity index (χ0n) is 16.5. The fraction of sp³-hybridized carbons (Fsp3) is 0.650. The zero-order valence-corrected chi connectivity index (χ0v) is 18.8. The molecule has 0 unspecified atom stereocenters. The highest BCUT2D eigenvalue weighted by atomic mass is 127. The van der Waals surface area contributed by atoms with Crippen molar-refractivity contribution in [1.29, 1.82) is 0 Å². The molecule has 5 nitrogen and oxygen atoms in total. The molecule has 0 bridgehead atoms. The van der Waals surface area contributed by atoms with Gasteiger partial charge in [0.1, 0.15) is 12.4 Å². The lowest BCUT2D eigenvalue weighted by atomic mass is 10.1. The second-order valence-electron chi connectivity index (χ2n) is 6.68. The summed E-state index contributed by atoms with van der Waals surface area (Å²) in [6.45, 7) is 12.1. The van der Waals surface area contributed by atoms with Gasteiger partial charge >= 0.3 is 0 Å². The lowest BCUT2D eigenvalue weighted by Crippen LogP contribution is -2.48. The Morgan fingerprint density at radius 3 is 2.50 bits per heavy atom. The maximum Gasteiger partial charge on any atom is 0.191 e. The van der Waals surface area contributed by atoms with E-state index in [0.717, 1.165) is 18.3 Å². The van der Waals surface area contributed by atoms with Crippen LogP contribution in [0.3, 0.4) is 0 Å². The predicted molar refractivity (Wildman–Crippen MR) is 121 cm³/mol. The minimum Gasteiger partial charge on any atom is -0.492 e. The Balaban J connectivity index is 0.00000338. The third-order valence-electron chi connectivity index (χ3n) is 4.46. The third kappa shape index (κ3) is 8.58. The van der Waals surface area contributed by atoms with Gasteiger partial charge < -0.3 is 20.3 Å². The highest BCUT2D eigenvalue weighted by molar-refractivity contribution is 14.0. The first kappa shape index (κ1) is 23.0. The number of aryl methyl sites for hydroxylation is 1. The standard InChI is InChI=1S/C20H34N4O.HI/c1-4-13-24-14-10-18(11-15-24)23-20(21-5-2)22-12-16-25-19-8-6-17(3)7-9-19;/h6-9,18H,4-5,10-16H2,1-3H3,(H2,21,22,23);1H. The quantitative estimate of drug-likeness (QED) is 0.263. The van der Waals surface area contributed by atoms with Gasteiger partial charge in [-0.25, -0.2) is 4.99 Å². The van der Waals surface area contributed by atoms with Crippen LogP contribution in [0.15, 0.2) is 29.3 Å². The van der Waals surface area contributed by atoms with Crippen LogP contribution in [0, 0.1) is 6.92 Å². The van der Waals surface area contributed by atoms with Gasteiger partial charge in [0, 0.05) is 25.7 Å². The van der Waals surface area contributed by atoms with Crippen molar-refractivity contribution < 1.29 is 4.74 Å². The van der Waals surface area contributed by atoms with E-state index in [1.54, 1.807) is 0 Å². The summed E-state index contributed by atoms with van der Waals surface area (Å²) in [5.74, 6) is 1.81. The van der Waals surface area contributed by atoms with Gasteiger partial charge in [0.05, 0.1) is 6.54 Å². The number of ether oxygens (including phenoxy) is 1. The van der Waals surface area contributed by atoms with Gasteiger partial charge in [-0.05, 0) is 51.8 Å². The van der Waals surface area contributed by atoms with Crippen LogP contribution in [0.25, 0.3) is 0 Å². The average Bonchev–Trinajstić information content (AvgIpc) is 2.62. The summed E-state index contributed by atoms with van der Waals surface area (Å²) in [5.41, 5.74) is 1.24. The smallest absolute Gasteiger partial charge is 0.191 e. The van der Waals surface area contributed by atoms with Crippen molar-refractivity contribution in [1.82, 2.24) is 15.5 Å². The van der Waals surface area contributed by atoms with E-state index in [0.29, 0.717) is 19.2 Å². The molecule has 0 spiro atoms. The summed E-state index contributed by atoms with van der Waals surface area (Å²) in [6, 6.07) is 8.66. The van der Waals surface area contributed by atoms with Gasteiger partial charge in [0.25, 0.3) is 0 Å². The van der Waals surface area contributed by atoms with E-state index in [1.165, 1.54) is 44.5 Å². The van der Waals surface area contributed by atoms with Gasteiger partial charge in [0.15, 0.2) is 5.96 Å². The van der Waals surface area contributed by atoms with Crippen LogP contribution in [-0.4, -0.2) is 56.2 Å². The number of nitrogens with zero attached hydrogens (tertiary/aromatic N) is 2. The summed E-state index contributed by atoms with van der Waals surface area (Å²) < 4.78 is 5.75. The van der Waals surface area contributed by atoms with Crippen molar-refractivity contribution >= 4 is 29.9 Å². The second kappa shape index (κ2) is 13.2. The number of rotatable bonds is 8. The summed E-state index contributed by atoms with van der Waals surface area (Å²) in [6.07, 6.45) is 3.61. The highest BCUT2D eigenvalue weighted by Crippen LogP contribution is 2.11. The maximum atomic E-state index is 5.75. The molecular formula is C20H35IN4O. The summed E-state index contributed by atoms with van der Waals surface area (Å²) in [7, 11) is 0. The van der Waals surface area contributed by atoms with E-state index in [2.05, 4.69) is 53.4 Å². The van der Waals surface area contributed by atoms with Crippen LogP contribution in [0.2, 0.25) is 0 Å². The number of likely N-dealkylation sites (tertiary alicyclic amines) is 1. The summed E-state index contributed by atoms with van der Waals surface area (Å²) in [4.78, 5) is 7.20. The number of guanidine groups is 1. The number of halogens is 1. The molecule has 0 aliphatic carbocycles. The van der Waals surface area contributed by atoms with Crippen molar-refractivity contribution in [3.05, 3.63) is 29.8 Å². The Kier molecular flexibility index (Phi) is 11.7. The van der Waals surface area contributed by atoms with Crippen LogP contribution in [0.1, 0.15) is 38.7 Å². The molecule has 1 aliphatic rings. The van der Waals surface area contributed by atoms with Crippen LogP contribution >= 0.6 is 24.0 Å². The molecule has 1 aromatic rings. The average molecular weight is 474 g/mol. The fourth-order valence-electron chi connectivity index (χ4n) is 3.09. The molecule has 0 saturated carbocycles. The first-order chi connectivity index (χ1) is 12.2. The molecule has 0 radical (unpaired) electrons. The largest absolute Gasteiger partial charge is 0.492 e. The van der Waals surface area contributed by atoms with Gasteiger partial charge in [-0.1, -0.05) is 24.6 Å². The molecule has 148 valence electrons. The predicted octanol–water partition coefficient (Wildman–Crippen LogP) is 3.42. The number of nitrogens with one attached hydrogen (secondary N) is 2. The Morgan fingerprint density at radius 1 is 1.19 bits per heavy atom. The van der Waals surface area contributed by atoms with E-state index < -0.39 is 0 Å². The molecule has 2 N–H and O–H groups in total. The lowest BCUT2D eigenvalue weighted by molar-refractivity contribution is 0.206. The number of aliphatic imine (C=N–C) groups is 1. The molecule has 1 fully saturated rings. The van der Waals surface area contributed by atoms with E-state index >= 15 is 0 Å². The van der Waals surface area contributed by atoms with Crippen LogP contribution < -0.4 is 15.4 Å². The number of hydrogen-bond donors (Lipinski definition) is 2. The molecule has 1 heterocycles. The number of piperidine rings is 1. The first-order valence-corrected chi connectivity index (χ1v) is 9.68. The molecule has 2 rings (SSSR count). The van der Waals surface area contributed by atoms with Crippen molar-refractivity contribution in [3.8, 4) is 5.75 Å². The normalized spacial score (nSPS) is 16.0. The second-order valence-corrected chi connectivity index (χ2v) is 6.68. The molecule has 6 heteroatoms. The van der Waals surface area contributed by atoms with Gasteiger partial charge in [-0.15, -0.1) is 24.0 Å². The van der Waals surface area contributed by atoms with E-state index in [4.69, 9.17) is 4.74 Å². The summed E-state index contributed by atoms with van der Waals surface area (Å²) in [5, 5.41) is 6.92. The first-order valence-electron chi connectivity index (χ1n) is 9.68. The Labute approximate surface area is 176 Å². The molecule has 1 saturated heterocycles. The topological polar surface area (TPSA) is 48.9 Å². The monoisotopic (exact) mass is 474 g/mol. The van der Waals surface area contributed by atoms with Crippen molar-refractivity contribution in [2.45, 2.75) is 46.1 Å². The molecular weight excluding hydrogens is 439 g/mol. The van der Waals surface area contributed by atoms with Crippen molar-refractivity contribution in [2.75, 3.05) is 39.3 Å². The number of benzene rings is 1. The minimum atomic E-state index is 0. The van der Waals surface area contributed by atoms with Gasteiger partial charge in [-0.3, -0.25) is 0 Å². The minimum absolute atomic E-state index is 0. The molecule has 26 heavy (non-hydrogen) atoms. The fourth-order valence-corrected chi connectivity index (χ4v) is 3.09. The molecule has 1 aliphatic heterocycles. The van der Waals surface area contributed by atoms with E-state index in [-0.39, 0.29) is 24.0 Å². The Hall–Kier alpha value is -1.02. The van der Waals surface area contributed by atoms with Crippen molar-refractivity contribution in [3.63, 3.8) is 0 Å². The number of hydrogen-bond acceptors (Lipinski definition) is 3. The van der Waals surface area contributed by atoms with Crippen molar-refractivity contribution in [2.24, 2.45) is 4.99 Å². The molecule has 0 amide bonds. The molecule has 0 aromatic heterocycles. The van der Waals surface area contributed by atoms with Crippen LogP contribution in [0.5, 0.6) is 5.75 Å². The van der Waals surface area contributed by atoms with Gasteiger partial charge in [0.2, 0.25) is 0 Å². The van der Waals surface area contributed by atoms with Crippen LogP contribution in [0.4, 0.5) is 0 Å². The van der Waals surface area contributed by atoms with E-state index in [1.807, 2.05) is 12.1 Å². The summed E-state index contributed by atoms with van der Waals surface area (Å²) >= 11 is 0. The van der Waals surface area contributed by atoms with Crippen LogP contribution in [-0.2, 0) is 0 Å². The Morgan fingerprint density at radius 2 is 1.88 bits per heavy atom. The van der Waals surface area contributed by atoms with E-state index in [9.17, 15) is 0 Å². The SMILES string of the molecule is CCCN1CCC(NC(=NCCOc2ccc(C)cc2)NCC)CC1.I. The molecule has 1 aromatic carbocycles. The van der Waals surface area contributed by atoms with Gasteiger partial charge in [-0.2, -0.15) is 0 Å². The molecule has 0 atom stereocenters. The maximum absolute atomic E-state index is 5.75. The third-order valence-corrected chi connectivity index (χ3v) is 4.46. The zero-order chi connectivity index (χ0) is 17.9.